The van der Waals surface area contributed by atoms with E-state index in [0.717, 1.165) is 6.42 Å². The molecular weight excluding hydrogens is 154 g/mol. The second-order valence-corrected chi connectivity index (χ2v) is 3.02. The highest BCUT2D eigenvalue weighted by Crippen LogP contribution is 2.02. The Morgan fingerprint density at radius 2 is 2.17 bits per heavy atom. The van der Waals surface area contributed by atoms with Crippen LogP contribution < -0.4 is 16.8 Å². The molecule has 4 nitrogen and oxygen atoms in total. The summed E-state index contributed by atoms with van der Waals surface area (Å²) in [6.45, 7) is 3.74. The van der Waals surface area contributed by atoms with Crippen molar-refractivity contribution in [1.82, 2.24) is 5.32 Å². The number of rotatable bonds is 6. The molecule has 0 saturated heterocycles. The van der Waals surface area contributed by atoms with E-state index in [1.54, 1.807) is 0 Å². The van der Waals surface area contributed by atoms with Gasteiger partial charge in [-0.15, -0.1) is 0 Å². The Hall–Kier alpha value is -0.610. The molecule has 0 spiro atoms. The smallest absolute Gasteiger partial charge is 0.220 e. The van der Waals surface area contributed by atoms with E-state index in [4.69, 9.17) is 11.5 Å². The van der Waals surface area contributed by atoms with E-state index in [0.29, 0.717) is 32.0 Å². The third kappa shape index (κ3) is 6.12. The van der Waals surface area contributed by atoms with Crippen LogP contribution in [-0.2, 0) is 4.79 Å². The molecule has 0 aliphatic rings. The maximum absolute atomic E-state index is 11.0. The van der Waals surface area contributed by atoms with Crippen molar-refractivity contribution in [1.29, 1.82) is 0 Å². The molecule has 0 bridgehead atoms. The van der Waals surface area contributed by atoms with Gasteiger partial charge in [0.1, 0.15) is 0 Å². The number of nitrogens with two attached hydrogens (primary N) is 2. The number of carbonyl (C=O) groups is 1. The predicted molar refractivity (Wildman–Crippen MR) is 49.5 cm³/mol. The van der Waals surface area contributed by atoms with Gasteiger partial charge in [-0.05, 0) is 18.9 Å². The summed E-state index contributed by atoms with van der Waals surface area (Å²) < 4.78 is 0. The van der Waals surface area contributed by atoms with E-state index < -0.39 is 0 Å². The summed E-state index contributed by atoms with van der Waals surface area (Å²) in [5, 5.41) is 2.71. The van der Waals surface area contributed by atoms with Crippen molar-refractivity contribution in [3.63, 3.8) is 0 Å². The molecule has 1 atom stereocenters. The topological polar surface area (TPSA) is 81.1 Å². The van der Waals surface area contributed by atoms with Gasteiger partial charge >= 0.3 is 0 Å². The second-order valence-electron chi connectivity index (χ2n) is 3.02. The zero-order valence-electron chi connectivity index (χ0n) is 7.68. The predicted octanol–water partition coefficient (Wildman–Crippen LogP) is -0.564. The quantitative estimate of drug-likeness (QED) is 0.503. The van der Waals surface area contributed by atoms with E-state index >= 15 is 0 Å². The molecule has 0 aromatic heterocycles. The summed E-state index contributed by atoms with van der Waals surface area (Å²) in [7, 11) is 0. The molecule has 0 radical (unpaired) electrons. The van der Waals surface area contributed by atoms with Gasteiger partial charge < -0.3 is 16.8 Å². The highest BCUT2D eigenvalue weighted by molar-refractivity contribution is 5.75. The average Bonchev–Trinajstić information content (AvgIpc) is 2.10. The van der Waals surface area contributed by atoms with Crippen molar-refractivity contribution in [3.05, 3.63) is 0 Å². The van der Waals surface area contributed by atoms with Crippen LogP contribution in [0.3, 0.4) is 0 Å². The summed E-state index contributed by atoms with van der Waals surface area (Å²) in [4.78, 5) is 11.0. The van der Waals surface area contributed by atoms with Crippen molar-refractivity contribution >= 4 is 5.91 Å². The molecule has 0 rings (SSSR count). The Balaban J connectivity index is 3.31. The zero-order valence-corrected chi connectivity index (χ0v) is 7.68. The molecule has 0 saturated carbocycles. The Kier molecular flexibility index (Phi) is 6.70. The monoisotopic (exact) mass is 173 g/mol. The fourth-order valence-corrected chi connectivity index (χ4v) is 0.795. The lowest BCUT2D eigenvalue weighted by molar-refractivity contribution is -0.121. The van der Waals surface area contributed by atoms with E-state index in [1.165, 1.54) is 0 Å². The van der Waals surface area contributed by atoms with Gasteiger partial charge in [0.15, 0.2) is 0 Å². The molecular formula is C8H19N3O. The summed E-state index contributed by atoms with van der Waals surface area (Å²) in [6, 6.07) is 0. The van der Waals surface area contributed by atoms with E-state index in [9.17, 15) is 4.79 Å². The SMILES string of the molecule is CC(CN)CCC(=O)NCCN. The van der Waals surface area contributed by atoms with Gasteiger partial charge in [0, 0.05) is 19.5 Å². The van der Waals surface area contributed by atoms with Gasteiger partial charge in [-0.2, -0.15) is 0 Å². The first-order valence-corrected chi connectivity index (χ1v) is 4.37. The number of hydrogen-bond donors (Lipinski definition) is 3. The van der Waals surface area contributed by atoms with E-state index in [2.05, 4.69) is 5.32 Å². The molecule has 5 N–H and O–H groups in total. The summed E-state index contributed by atoms with van der Waals surface area (Å²) in [6.07, 6.45) is 1.41. The van der Waals surface area contributed by atoms with Crippen LogP contribution in [0, 0.1) is 5.92 Å². The number of hydrogen-bond acceptors (Lipinski definition) is 3. The molecule has 0 fully saturated rings. The lowest BCUT2D eigenvalue weighted by atomic mass is 10.1. The largest absolute Gasteiger partial charge is 0.355 e. The van der Waals surface area contributed by atoms with Crippen LogP contribution >= 0.6 is 0 Å². The van der Waals surface area contributed by atoms with Crippen LogP contribution in [-0.4, -0.2) is 25.5 Å². The second kappa shape index (κ2) is 7.06. The van der Waals surface area contributed by atoms with Crippen molar-refractivity contribution < 1.29 is 4.79 Å². The van der Waals surface area contributed by atoms with Gasteiger partial charge in [-0.3, -0.25) is 4.79 Å². The zero-order chi connectivity index (χ0) is 9.40. The lowest BCUT2D eigenvalue weighted by Gasteiger charge is -2.07. The van der Waals surface area contributed by atoms with Crippen LogP contribution in [0.5, 0.6) is 0 Å². The Labute approximate surface area is 73.7 Å². The van der Waals surface area contributed by atoms with Gasteiger partial charge in [-0.25, -0.2) is 0 Å². The third-order valence-electron chi connectivity index (χ3n) is 1.73. The fourth-order valence-electron chi connectivity index (χ4n) is 0.795. The molecule has 0 aliphatic carbocycles. The fraction of sp³-hybridized carbons (Fsp3) is 0.875. The van der Waals surface area contributed by atoms with Crippen LogP contribution in [0.25, 0.3) is 0 Å². The first-order chi connectivity index (χ1) is 5.70. The first kappa shape index (κ1) is 11.4. The van der Waals surface area contributed by atoms with Crippen LogP contribution in [0.2, 0.25) is 0 Å². The first-order valence-electron chi connectivity index (χ1n) is 4.37. The molecule has 0 aliphatic heterocycles. The van der Waals surface area contributed by atoms with Crippen LogP contribution in [0.1, 0.15) is 19.8 Å². The Morgan fingerprint density at radius 3 is 2.67 bits per heavy atom. The maximum atomic E-state index is 11.0. The number of carbonyl (C=O) groups excluding carboxylic acids is 1. The van der Waals surface area contributed by atoms with Gasteiger partial charge in [-0.1, -0.05) is 6.92 Å². The van der Waals surface area contributed by atoms with Crippen molar-refractivity contribution in [3.8, 4) is 0 Å². The molecule has 1 unspecified atom stereocenters. The van der Waals surface area contributed by atoms with Crippen molar-refractivity contribution in [2.75, 3.05) is 19.6 Å². The highest BCUT2D eigenvalue weighted by Gasteiger charge is 2.03. The molecule has 0 aromatic rings. The molecule has 0 heterocycles. The minimum atomic E-state index is 0.0701. The minimum Gasteiger partial charge on any atom is -0.355 e. The summed E-state index contributed by atoms with van der Waals surface area (Å²) in [5.74, 6) is 0.495. The van der Waals surface area contributed by atoms with Crippen molar-refractivity contribution in [2.45, 2.75) is 19.8 Å². The molecule has 1 amide bonds. The highest BCUT2D eigenvalue weighted by atomic mass is 16.1. The molecule has 72 valence electrons. The van der Waals surface area contributed by atoms with Gasteiger partial charge in [0.05, 0.1) is 0 Å². The standard InChI is InChI=1S/C8H19N3O/c1-7(6-10)2-3-8(12)11-5-4-9/h7H,2-6,9-10H2,1H3,(H,11,12). The minimum absolute atomic E-state index is 0.0701. The molecule has 4 heteroatoms. The van der Waals surface area contributed by atoms with Gasteiger partial charge in [0.25, 0.3) is 0 Å². The normalized spacial score (nSPS) is 12.6. The van der Waals surface area contributed by atoms with E-state index in [1.807, 2.05) is 6.92 Å². The van der Waals surface area contributed by atoms with Crippen LogP contribution in [0.15, 0.2) is 0 Å². The van der Waals surface area contributed by atoms with Crippen molar-refractivity contribution in [2.24, 2.45) is 17.4 Å². The number of amides is 1. The molecule has 0 aromatic carbocycles. The average molecular weight is 173 g/mol. The lowest BCUT2D eigenvalue weighted by Crippen LogP contribution is -2.29. The third-order valence-corrected chi connectivity index (χ3v) is 1.73. The van der Waals surface area contributed by atoms with Crippen LogP contribution in [0.4, 0.5) is 0 Å². The van der Waals surface area contributed by atoms with Gasteiger partial charge in [0.2, 0.25) is 5.91 Å². The Bertz CT molecular complexity index is 127. The summed E-state index contributed by atoms with van der Waals surface area (Å²) >= 11 is 0. The van der Waals surface area contributed by atoms with E-state index in [-0.39, 0.29) is 5.91 Å². The summed E-state index contributed by atoms with van der Waals surface area (Å²) in [5.41, 5.74) is 10.6. The number of nitrogens with one attached hydrogen (secondary N) is 1. The maximum Gasteiger partial charge on any atom is 0.220 e. The Morgan fingerprint density at radius 1 is 1.50 bits per heavy atom. The molecule has 12 heavy (non-hydrogen) atoms.